The first kappa shape index (κ1) is 19.0. The minimum atomic E-state index is -0.366. The lowest BCUT2D eigenvalue weighted by molar-refractivity contribution is -0.697. The number of hydrogen-bond acceptors (Lipinski definition) is 2. The predicted molar refractivity (Wildman–Crippen MR) is 114 cm³/mol. The average molecular weight is 380 g/mol. The molecule has 2 aromatic carbocycles. The highest BCUT2D eigenvalue weighted by Gasteiger charge is 2.19. The van der Waals surface area contributed by atoms with Gasteiger partial charge < -0.3 is 19.7 Å². The van der Waals surface area contributed by atoms with Crippen LogP contribution in [0.2, 0.25) is 0 Å². The summed E-state index contributed by atoms with van der Waals surface area (Å²) in [6.45, 7) is 1.37. The summed E-state index contributed by atoms with van der Waals surface area (Å²) < 4.78 is 7.56. The minimum absolute atomic E-state index is 0.366. The van der Waals surface area contributed by atoms with Crippen molar-refractivity contribution in [3.05, 3.63) is 54.6 Å². The van der Waals surface area contributed by atoms with Gasteiger partial charge in [0.25, 0.3) is 0 Å². The van der Waals surface area contributed by atoms with Crippen molar-refractivity contribution in [1.29, 1.82) is 0 Å². The summed E-state index contributed by atoms with van der Waals surface area (Å²) in [5, 5.41) is 14.4. The van der Waals surface area contributed by atoms with Crippen LogP contribution in [0.15, 0.2) is 54.6 Å². The first-order valence-corrected chi connectivity index (χ1v) is 10.5. The number of aromatic nitrogens is 1. The van der Waals surface area contributed by atoms with Gasteiger partial charge in [-0.25, -0.2) is 0 Å². The molecule has 4 nitrogen and oxygen atoms in total. The summed E-state index contributed by atoms with van der Waals surface area (Å²) in [7, 11) is 1.69. The third-order valence-electron chi connectivity index (χ3n) is 5.98. The van der Waals surface area contributed by atoms with Gasteiger partial charge in [0.2, 0.25) is 0 Å². The molecule has 1 aromatic heterocycles. The fourth-order valence-electron chi connectivity index (χ4n) is 4.41. The van der Waals surface area contributed by atoms with E-state index in [1.165, 1.54) is 43.0 Å². The molecule has 1 heterocycles. The monoisotopic (exact) mass is 379 g/mol. The lowest BCUT2D eigenvalue weighted by Gasteiger charge is -2.22. The lowest BCUT2D eigenvalue weighted by Crippen LogP contribution is -2.92. The van der Waals surface area contributed by atoms with E-state index in [0.717, 1.165) is 23.6 Å². The van der Waals surface area contributed by atoms with Gasteiger partial charge in [0.15, 0.2) is 0 Å². The first-order valence-electron chi connectivity index (χ1n) is 10.5. The van der Waals surface area contributed by atoms with Gasteiger partial charge in [-0.05, 0) is 67.6 Å². The standard InChI is InChI=1S/C24H30N2O2/c1-28-22-13-11-18(12-14-22)24-15-19-7-5-6-10-23(19)26(24)17-21(27)16-25-20-8-3-2-4-9-20/h5-7,10-15,20-21,25,27H,2-4,8-9,16-17H2,1H3/p+1/t21-/m1/s1. The number of hydrogen-bond donors (Lipinski definition) is 2. The van der Waals surface area contributed by atoms with Crippen molar-refractivity contribution in [2.75, 3.05) is 13.7 Å². The van der Waals surface area contributed by atoms with Crippen molar-refractivity contribution in [3.8, 4) is 17.0 Å². The Labute approximate surface area is 167 Å². The van der Waals surface area contributed by atoms with Crippen LogP contribution in [0.5, 0.6) is 5.75 Å². The molecular weight excluding hydrogens is 348 g/mol. The molecule has 1 aliphatic carbocycles. The molecule has 0 bridgehead atoms. The third-order valence-corrected chi connectivity index (χ3v) is 5.98. The molecule has 0 amide bonds. The van der Waals surface area contributed by atoms with Crippen LogP contribution in [0, 0.1) is 0 Å². The van der Waals surface area contributed by atoms with Crippen LogP contribution in [-0.4, -0.2) is 35.5 Å². The number of aliphatic hydroxyl groups is 1. The van der Waals surface area contributed by atoms with E-state index in [-0.39, 0.29) is 6.10 Å². The van der Waals surface area contributed by atoms with Gasteiger partial charge in [-0.1, -0.05) is 24.6 Å². The molecule has 0 aliphatic heterocycles. The molecule has 28 heavy (non-hydrogen) atoms. The first-order chi connectivity index (χ1) is 13.7. The number of fused-ring (bicyclic) bond motifs is 1. The van der Waals surface area contributed by atoms with Crippen LogP contribution in [-0.2, 0) is 6.54 Å². The molecule has 148 valence electrons. The van der Waals surface area contributed by atoms with Crippen molar-refractivity contribution < 1.29 is 15.2 Å². The molecule has 4 rings (SSSR count). The van der Waals surface area contributed by atoms with Gasteiger partial charge in [-0.15, -0.1) is 0 Å². The number of ether oxygens (including phenoxy) is 1. The van der Waals surface area contributed by atoms with Crippen molar-refractivity contribution in [2.45, 2.75) is 50.8 Å². The topological polar surface area (TPSA) is 51.0 Å². The molecule has 1 aliphatic rings. The molecule has 3 N–H and O–H groups in total. The van der Waals surface area contributed by atoms with Crippen LogP contribution in [0.1, 0.15) is 32.1 Å². The molecule has 0 saturated heterocycles. The van der Waals surface area contributed by atoms with Crippen LogP contribution in [0.4, 0.5) is 0 Å². The minimum Gasteiger partial charge on any atom is -0.497 e. The van der Waals surface area contributed by atoms with E-state index >= 15 is 0 Å². The molecule has 1 fully saturated rings. The summed E-state index contributed by atoms with van der Waals surface area (Å²) in [6.07, 6.45) is 6.25. The summed E-state index contributed by atoms with van der Waals surface area (Å²) in [6, 6.07) is 19.5. The highest BCUT2D eigenvalue weighted by Crippen LogP contribution is 2.29. The molecular formula is C24H31N2O2+. The Balaban J connectivity index is 1.55. The highest BCUT2D eigenvalue weighted by molar-refractivity contribution is 5.87. The molecule has 1 saturated carbocycles. The third kappa shape index (κ3) is 4.23. The smallest absolute Gasteiger partial charge is 0.121 e. The summed E-state index contributed by atoms with van der Waals surface area (Å²) in [4.78, 5) is 0. The Bertz CT molecular complexity index is 895. The Morgan fingerprint density at radius 2 is 1.82 bits per heavy atom. The van der Waals surface area contributed by atoms with Gasteiger partial charge in [0, 0.05) is 16.6 Å². The largest absolute Gasteiger partial charge is 0.497 e. The Kier molecular flexibility index (Phi) is 5.98. The number of rotatable bonds is 7. The maximum absolute atomic E-state index is 10.8. The van der Waals surface area contributed by atoms with Gasteiger partial charge in [-0.3, -0.25) is 0 Å². The fourth-order valence-corrected chi connectivity index (χ4v) is 4.41. The molecule has 0 spiro atoms. The van der Waals surface area contributed by atoms with Crippen molar-refractivity contribution in [3.63, 3.8) is 0 Å². The fraction of sp³-hybridized carbons (Fsp3) is 0.417. The lowest BCUT2D eigenvalue weighted by atomic mass is 9.95. The Morgan fingerprint density at radius 3 is 2.57 bits per heavy atom. The Morgan fingerprint density at radius 1 is 1.07 bits per heavy atom. The van der Waals surface area contributed by atoms with E-state index in [1.807, 2.05) is 12.1 Å². The Hall–Kier alpha value is -2.30. The number of quaternary nitrogens is 1. The quantitative estimate of drug-likeness (QED) is 0.659. The van der Waals surface area contributed by atoms with E-state index in [1.54, 1.807) is 7.11 Å². The van der Waals surface area contributed by atoms with Crippen LogP contribution in [0.3, 0.4) is 0 Å². The van der Waals surface area contributed by atoms with E-state index in [0.29, 0.717) is 12.6 Å². The normalized spacial score (nSPS) is 16.4. The van der Waals surface area contributed by atoms with Crippen LogP contribution in [0.25, 0.3) is 22.2 Å². The maximum Gasteiger partial charge on any atom is 0.121 e. The SMILES string of the molecule is COc1ccc(-c2cc3ccccc3n2C[C@H](O)C[NH2+]C2CCCCC2)cc1. The second-order valence-electron chi connectivity index (χ2n) is 7.95. The summed E-state index contributed by atoms with van der Waals surface area (Å²) in [5.74, 6) is 0.855. The van der Waals surface area contributed by atoms with Crippen molar-refractivity contribution in [1.82, 2.24) is 4.57 Å². The van der Waals surface area contributed by atoms with Gasteiger partial charge >= 0.3 is 0 Å². The number of nitrogens with zero attached hydrogens (tertiary/aromatic N) is 1. The summed E-state index contributed by atoms with van der Waals surface area (Å²) in [5.41, 5.74) is 3.45. The highest BCUT2D eigenvalue weighted by atomic mass is 16.5. The number of benzene rings is 2. The van der Waals surface area contributed by atoms with Crippen LogP contribution >= 0.6 is 0 Å². The second-order valence-corrected chi connectivity index (χ2v) is 7.95. The summed E-state index contributed by atoms with van der Waals surface area (Å²) >= 11 is 0. The van der Waals surface area contributed by atoms with Gasteiger partial charge in [0.05, 0.1) is 19.7 Å². The zero-order chi connectivity index (χ0) is 19.3. The molecule has 4 heteroatoms. The molecule has 3 aromatic rings. The molecule has 1 atom stereocenters. The van der Waals surface area contributed by atoms with E-state index in [9.17, 15) is 5.11 Å². The molecule has 0 unspecified atom stereocenters. The zero-order valence-corrected chi connectivity index (χ0v) is 16.7. The van der Waals surface area contributed by atoms with E-state index < -0.39 is 0 Å². The second kappa shape index (κ2) is 8.80. The number of methoxy groups -OCH3 is 1. The maximum atomic E-state index is 10.8. The van der Waals surface area contributed by atoms with E-state index in [2.05, 4.69) is 52.3 Å². The van der Waals surface area contributed by atoms with Gasteiger partial charge in [-0.2, -0.15) is 0 Å². The van der Waals surface area contributed by atoms with Crippen LogP contribution < -0.4 is 10.1 Å². The zero-order valence-electron chi connectivity index (χ0n) is 16.7. The number of para-hydroxylation sites is 1. The van der Waals surface area contributed by atoms with E-state index in [4.69, 9.17) is 4.74 Å². The van der Waals surface area contributed by atoms with Gasteiger partial charge in [0.1, 0.15) is 18.4 Å². The molecule has 0 radical (unpaired) electrons. The average Bonchev–Trinajstić information content (AvgIpc) is 3.11. The predicted octanol–water partition coefficient (Wildman–Crippen LogP) is 3.57. The number of nitrogens with two attached hydrogens (primary N) is 1. The number of aliphatic hydroxyl groups excluding tert-OH is 1. The van der Waals surface area contributed by atoms with Crippen molar-refractivity contribution in [2.24, 2.45) is 0 Å². The van der Waals surface area contributed by atoms with Crippen molar-refractivity contribution >= 4 is 10.9 Å².